The van der Waals surface area contributed by atoms with E-state index in [1.165, 1.54) is 13.4 Å². The maximum Gasteiger partial charge on any atom is 0.247 e. The van der Waals surface area contributed by atoms with Gasteiger partial charge < -0.3 is 112 Å². The second-order valence-electron chi connectivity index (χ2n) is 36.8. The Bertz CT molecular complexity index is 6110. The average Bonchev–Trinajstić information content (AvgIpc) is 1.60. The number of hydrogen-bond acceptors (Lipinski definition) is 37. The van der Waals surface area contributed by atoms with Crippen LogP contribution in [0.25, 0.3) is 55.8 Å². The van der Waals surface area contributed by atoms with Crippen LogP contribution in [-0.4, -0.2) is 283 Å². The van der Waals surface area contributed by atoms with Gasteiger partial charge in [0.05, 0.1) is 148 Å². The number of aliphatic hydroxyl groups excluding tert-OH is 6. The molecule has 5 aliphatic rings. The van der Waals surface area contributed by atoms with Gasteiger partial charge in [-0.1, -0.05) is 98.8 Å². The molecule has 5 saturated carbocycles. The summed E-state index contributed by atoms with van der Waals surface area (Å²) in [6, 6.07) is -0.447. The van der Waals surface area contributed by atoms with E-state index in [1.54, 1.807) is 85.6 Å². The first-order valence-electron chi connectivity index (χ1n) is 48.4. The molecule has 784 valence electrons. The molecule has 0 radical (unpaired) electrons. The van der Waals surface area contributed by atoms with E-state index in [2.05, 4.69) is 138 Å². The van der Waals surface area contributed by atoms with E-state index in [0.29, 0.717) is 170 Å². The highest BCUT2D eigenvalue weighted by Crippen LogP contribution is 2.52. The lowest BCUT2D eigenvalue weighted by Gasteiger charge is -2.28. The number of terminal acetylenes is 5. The first-order chi connectivity index (χ1) is 69.4. The Morgan fingerprint density at radius 1 is 0.400 bits per heavy atom. The molecule has 4 amide bonds. The molecular formula is C99H137N25O21. The first kappa shape index (κ1) is 114. The van der Waals surface area contributed by atoms with Crippen LogP contribution >= 0.6 is 0 Å². The van der Waals surface area contributed by atoms with Crippen molar-refractivity contribution in [1.29, 1.82) is 0 Å². The number of carbonyl (C=O) groups is 4. The van der Waals surface area contributed by atoms with Gasteiger partial charge in [0.1, 0.15) is 25.9 Å². The van der Waals surface area contributed by atoms with Crippen LogP contribution in [0.2, 0.25) is 0 Å². The highest BCUT2D eigenvalue weighted by atomic mass is 16.7. The standard InChI is InChI=1S/C22H31N5O4.C21H29N5O5.C19H25N5O4.C15H19N5O3.C11H15N5O2.C11H18O3/c1-7-22(8-2)11-15(10-16(22)31-13-29-6)27-12-23-17-18(27)24-21(25-19(28)14(4)5)26-20(17)30-9-3;1-6-21(10-27)9-14(8-15(21)31-12-29-5)26-11-22-16-17(26)23-20(24-18(28)13(3)4)25-19(16)30-7-2;1-5-19(9-25)8-12(7-13(19)26)24-10-20-14-15(24)21-18(22-16(27)11(3)4)23-17(14)28-6-2;1-3-15(7-21)6-9(5-10(15)22)20-8-17-11-12(20)18-14(16)19-13(11)23-4-2;1-4-18-10-7-8(13-5-12-7)14-11(16-10)15-9(17)6(2)3;1-4-11(5-2)7-9(12)6-10(11)14-8-13-3/h1,12,14-16H,8-11,13H2,2-6H3,(H,24,25,26,28);1,11,13-15,27H,7-10,12H2,2-5H3,(H,23,24,25,28);1,10-13,25-26H,6-9H2,2-4H3,(H,21,22,23,27);1,8-10,21-22H,4-7H2,2H3,(H2,16,18,19);5-6H,4H2,1-3H3,(H2,12,13,14,15,16,17);1,9-10,12H,5-8H2,2-3H3/t15-,16-,22-;14-,15-,21+;12-,13-,19+;9-,10-,15+;;9-,10+,11+/m0000.1/s1. The molecular weight excluding hydrogens is 1880 g/mol. The number of methoxy groups -OCH3 is 3. The van der Waals surface area contributed by atoms with E-state index < -0.39 is 40.0 Å². The van der Waals surface area contributed by atoms with Crippen molar-refractivity contribution in [2.75, 3.05) is 122 Å². The number of ether oxygens (including phenoxy) is 11. The fourth-order valence-electron chi connectivity index (χ4n) is 17.8. The largest absolute Gasteiger partial charge is 0.476 e. The number of nitrogens with two attached hydrogens (primary N) is 1. The topological polar surface area (TPSA) is 594 Å². The van der Waals surface area contributed by atoms with Crippen molar-refractivity contribution in [3.8, 4) is 91.1 Å². The quantitative estimate of drug-likeness (QED) is 0.0129. The number of nitrogens with zero attached hydrogens (tertiary/aromatic N) is 19. The van der Waals surface area contributed by atoms with Gasteiger partial charge in [0.15, 0.2) is 50.3 Å². The maximum atomic E-state index is 12.2. The Hall–Kier alpha value is -13.2. The predicted molar refractivity (Wildman–Crippen MR) is 536 cm³/mol. The molecule has 5 aliphatic carbocycles. The molecule has 0 aliphatic heterocycles. The molecule has 0 saturated heterocycles. The lowest BCUT2D eigenvalue weighted by molar-refractivity contribution is -0.119. The Balaban J connectivity index is 0.000000182. The third-order valence-corrected chi connectivity index (χ3v) is 26.1. The van der Waals surface area contributed by atoms with Crippen LogP contribution in [0.15, 0.2) is 31.6 Å². The molecule has 15 atom stereocenters. The molecule has 46 nitrogen and oxygen atoms in total. The number of hydrogen-bond donors (Lipinski definition) is 12. The Morgan fingerprint density at radius 2 is 0.690 bits per heavy atom. The van der Waals surface area contributed by atoms with E-state index in [0.717, 1.165) is 19.3 Å². The van der Waals surface area contributed by atoms with Crippen molar-refractivity contribution in [1.82, 2.24) is 98.0 Å². The minimum absolute atomic E-state index is 0.0286. The number of aromatic nitrogens is 20. The van der Waals surface area contributed by atoms with E-state index in [4.69, 9.17) is 90.0 Å². The number of nitrogen functional groups attached to an aromatic ring is 1. The minimum atomic E-state index is -0.994. The maximum absolute atomic E-state index is 12.2. The van der Waals surface area contributed by atoms with Crippen LogP contribution in [-0.2, 0) is 47.6 Å². The molecule has 0 bridgehead atoms. The fraction of sp³-hybridized carbons (Fsp3) is 0.606. The lowest BCUT2D eigenvalue weighted by Crippen LogP contribution is -2.34. The molecule has 5 fully saturated rings. The number of H-pyrrole nitrogens is 1. The van der Waals surface area contributed by atoms with Crippen LogP contribution in [0.4, 0.5) is 29.7 Å². The molecule has 0 aromatic carbocycles. The summed E-state index contributed by atoms with van der Waals surface area (Å²) in [7, 11) is 4.71. The summed E-state index contributed by atoms with van der Waals surface area (Å²) in [5, 5.41) is 70.4. The number of fused-ring (bicyclic) bond motifs is 5. The van der Waals surface area contributed by atoms with Gasteiger partial charge in [0, 0.05) is 75.6 Å². The van der Waals surface area contributed by atoms with Gasteiger partial charge in [-0.05, 0) is 105 Å². The van der Waals surface area contributed by atoms with Gasteiger partial charge in [-0.3, -0.25) is 40.4 Å². The molecule has 145 heavy (non-hydrogen) atoms. The molecule has 13 N–H and O–H groups in total. The summed E-state index contributed by atoms with van der Waals surface area (Å²) >= 11 is 0. The first-order valence-corrected chi connectivity index (χ1v) is 48.4. The zero-order valence-corrected chi connectivity index (χ0v) is 85.5. The zero-order chi connectivity index (χ0) is 106. The lowest BCUT2D eigenvalue weighted by atomic mass is 9.82. The van der Waals surface area contributed by atoms with Gasteiger partial charge in [-0.15, -0.1) is 32.1 Å². The number of rotatable bonds is 36. The van der Waals surface area contributed by atoms with Gasteiger partial charge >= 0.3 is 0 Å². The zero-order valence-electron chi connectivity index (χ0n) is 85.5. The monoisotopic (exact) mass is 2010 g/mol. The van der Waals surface area contributed by atoms with E-state index in [-0.39, 0.29) is 171 Å². The number of amides is 4. The fourth-order valence-corrected chi connectivity index (χ4v) is 17.8. The number of anilines is 5. The highest BCUT2D eigenvalue weighted by Gasteiger charge is 2.52. The van der Waals surface area contributed by atoms with Crippen molar-refractivity contribution in [2.45, 2.75) is 242 Å². The minimum Gasteiger partial charge on any atom is -0.476 e. The second-order valence-corrected chi connectivity index (χ2v) is 36.8. The van der Waals surface area contributed by atoms with Crippen molar-refractivity contribution in [3.05, 3.63) is 31.6 Å². The predicted octanol–water partition coefficient (Wildman–Crippen LogP) is 8.68. The van der Waals surface area contributed by atoms with Crippen molar-refractivity contribution >= 4 is 109 Å². The van der Waals surface area contributed by atoms with Crippen molar-refractivity contribution < 1.29 is 102 Å². The molecule has 46 heteroatoms. The molecule has 0 unspecified atom stereocenters. The number of nitrogens with one attached hydrogen (secondary N) is 5. The number of imidazole rings is 5. The third-order valence-electron chi connectivity index (χ3n) is 26.1. The van der Waals surface area contributed by atoms with Crippen molar-refractivity contribution in [3.63, 3.8) is 0 Å². The van der Waals surface area contributed by atoms with E-state index >= 15 is 0 Å². The van der Waals surface area contributed by atoms with Crippen LogP contribution < -0.4 is 50.7 Å². The Morgan fingerprint density at radius 3 is 1.01 bits per heavy atom. The van der Waals surface area contributed by atoms with Crippen LogP contribution in [0.1, 0.15) is 205 Å². The summed E-state index contributed by atoms with van der Waals surface area (Å²) in [6.07, 6.45) is 40.8. The highest BCUT2D eigenvalue weighted by molar-refractivity contribution is 5.94. The summed E-state index contributed by atoms with van der Waals surface area (Å²) in [5.41, 5.74) is 7.47. The summed E-state index contributed by atoms with van der Waals surface area (Å²) in [5.74, 6) is 14.4. The third kappa shape index (κ3) is 26.0. The van der Waals surface area contributed by atoms with Gasteiger partial charge in [-0.25, -0.2) is 24.9 Å². The van der Waals surface area contributed by atoms with Gasteiger partial charge in [0.25, 0.3) is 0 Å². The Labute approximate surface area is 841 Å². The normalized spacial score (nSPS) is 23.9. The smallest absolute Gasteiger partial charge is 0.247 e. The van der Waals surface area contributed by atoms with Crippen molar-refractivity contribution in [2.24, 2.45) is 50.7 Å². The summed E-state index contributed by atoms with van der Waals surface area (Å²) in [4.78, 5) is 116. The molecule has 10 aromatic rings. The van der Waals surface area contributed by atoms with E-state index in [1.807, 2.05) is 69.1 Å². The average molecular weight is 2010 g/mol. The van der Waals surface area contributed by atoms with Crippen LogP contribution in [0.5, 0.6) is 29.4 Å². The number of aliphatic hydroxyl groups is 6. The van der Waals surface area contributed by atoms with E-state index in [9.17, 15) is 49.8 Å². The van der Waals surface area contributed by atoms with Gasteiger partial charge in [-0.2, -0.15) is 49.8 Å². The molecule has 15 rings (SSSR count). The van der Waals surface area contributed by atoms with Crippen LogP contribution in [0.3, 0.4) is 0 Å². The Kier molecular flexibility index (Phi) is 40.4. The number of carbonyl (C=O) groups excluding carboxylic acids is 4. The van der Waals surface area contributed by atoms with Gasteiger partial charge in [0.2, 0.25) is 82.8 Å². The second kappa shape index (κ2) is 51.5. The molecule has 0 spiro atoms. The SMILES string of the molecule is C#C[C@]1(CC)C[C@@H](n2cnc3c(OCC)nc(NC(=O)C(C)C)nc32)C[C@@H]1OCOC.C#C[C@]1(CC)C[C@H](O)C[C@@H]1OCOC.C#C[C@]1(CO)C[C@@H](n2cnc3c(OCC)nc(N)nc32)C[C@@H]1O.C#C[C@]1(CO)C[C@@H](n2cnc3c(OCC)nc(NC(=O)C(C)C)nc32)C[C@@H]1O.C#C[C@]1(CO)C[C@@H](n2cnc3c(OCC)nc(NC(=O)C(C)C)nc32)C[C@@H]1OCOC.CCOc1nc(NC(=O)C(C)C)nc2nc[nH]c12. The number of aromatic amines is 1. The summed E-state index contributed by atoms with van der Waals surface area (Å²) < 4.78 is 67.4. The van der Waals surface area contributed by atoms with Crippen LogP contribution in [0, 0.1) is 112 Å². The summed E-state index contributed by atoms with van der Waals surface area (Å²) in [6.45, 7) is 29.5. The molecule has 10 aromatic heterocycles. The molecule has 10 heterocycles.